The summed E-state index contributed by atoms with van der Waals surface area (Å²) in [6, 6.07) is -0.204. The van der Waals surface area contributed by atoms with Crippen molar-refractivity contribution in [2.75, 3.05) is 13.1 Å². The van der Waals surface area contributed by atoms with Crippen molar-refractivity contribution in [2.45, 2.75) is 44.2 Å². The normalized spacial score (nSPS) is 30.1. The molecule has 19 heavy (non-hydrogen) atoms. The van der Waals surface area contributed by atoms with Crippen LogP contribution in [0.4, 0.5) is 0 Å². The molecule has 1 unspecified atom stereocenters. The molecule has 0 bridgehead atoms. The van der Waals surface area contributed by atoms with E-state index in [1.165, 1.54) is 4.90 Å². The lowest BCUT2D eigenvalue weighted by atomic mass is 9.96. The summed E-state index contributed by atoms with van der Waals surface area (Å²) in [6.07, 6.45) is 3.27. The van der Waals surface area contributed by atoms with Crippen LogP contribution >= 0.6 is 0 Å². The predicted octanol–water partition coefficient (Wildman–Crippen LogP) is 0.0729. The molecule has 3 fully saturated rings. The SMILES string of the molecule is O=C(O)C1CCN(C2CC(=O)N(C3CC3)C2=O)CC1. The maximum Gasteiger partial charge on any atom is 0.306 e. The van der Waals surface area contributed by atoms with Gasteiger partial charge in [-0.2, -0.15) is 0 Å². The van der Waals surface area contributed by atoms with Crippen molar-refractivity contribution >= 4 is 17.8 Å². The van der Waals surface area contributed by atoms with Crippen LogP contribution in [0.25, 0.3) is 0 Å². The second-order valence-electron chi connectivity index (χ2n) is 5.70. The molecule has 0 aromatic heterocycles. The van der Waals surface area contributed by atoms with Crippen molar-refractivity contribution in [1.82, 2.24) is 9.80 Å². The molecular weight excluding hydrogens is 248 g/mol. The van der Waals surface area contributed by atoms with E-state index in [2.05, 4.69) is 0 Å². The maximum absolute atomic E-state index is 12.3. The molecule has 0 aromatic rings. The number of rotatable bonds is 3. The van der Waals surface area contributed by atoms with E-state index < -0.39 is 5.97 Å². The Kier molecular flexibility index (Phi) is 3.05. The topological polar surface area (TPSA) is 77.9 Å². The summed E-state index contributed by atoms with van der Waals surface area (Å²) in [7, 11) is 0. The van der Waals surface area contributed by atoms with Crippen LogP contribution in [0, 0.1) is 5.92 Å². The fraction of sp³-hybridized carbons (Fsp3) is 0.769. The third kappa shape index (κ3) is 2.25. The van der Waals surface area contributed by atoms with E-state index in [-0.39, 0.29) is 36.2 Å². The van der Waals surface area contributed by atoms with Crippen LogP contribution in [-0.4, -0.2) is 57.9 Å². The third-order valence-corrected chi connectivity index (χ3v) is 4.39. The van der Waals surface area contributed by atoms with Crippen molar-refractivity contribution in [3.05, 3.63) is 0 Å². The third-order valence-electron chi connectivity index (χ3n) is 4.39. The minimum absolute atomic E-state index is 0.0575. The lowest BCUT2D eigenvalue weighted by Gasteiger charge is -2.33. The Labute approximate surface area is 111 Å². The molecule has 1 N–H and O–H groups in total. The minimum Gasteiger partial charge on any atom is -0.481 e. The average Bonchev–Trinajstić information content (AvgIpc) is 3.16. The Bertz CT molecular complexity index is 424. The zero-order valence-corrected chi connectivity index (χ0v) is 10.7. The number of piperidine rings is 1. The number of aliphatic carboxylic acids is 1. The molecule has 0 aromatic carbocycles. The van der Waals surface area contributed by atoms with Crippen molar-refractivity contribution in [2.24, 2.45) is 5.92 Å². The molecular formula is C13H18N2O4. The largest absolute Gasteiger partial charge is 0.481 e. The smallest absolute Gasteiger partial charge is 0.306 e. The van der Waals surface area contributed by atoms with Crippen molar-refractivity contribution in [3.63, 3.8) is 0 Å². The first-order valence-electron chi connectivity index (χ1n) is 6.90. The van der Waals surface area contributed by atoms with E-state index in [0.29, 0.717) is 25.9 Å². The fourth-order valence-corrected chi connectivity index (χ4v) is 3.09. The van der Waals surface area contributed by atoms with Gasteiger partial charge in [-0.25, -0.2) is 0 Å². The molecule has 1 atom stereocenters. The lowest BCUT2D eigenvalue weighted by molar-refractivity contribution is -0.143. The predicted molar refractivity (Wildman–Crippen MR) is 65.2 cm³/mol. The van der Waals surface area contributed by atoms with E-state index in [9.17, 15) is 14.4 Å². The minimum atomic E-state index is -0.756. The molecule has 0 radical (unpaired) electrons. The standard InChI is InChI=1S/C13H18N2O4/c16-11-7-10(12(17)15(11)9-1-2-9)14-5-3-8(4-6-14)13(18)19/h8-10H,1-7H2,(H,18,19). The number of likely N-dealkylation sites (tertiary alicyclic amines) is 2. The maximum atomic E-state index is 12.3. The second-order valence-corrected chi connectivity index (χ2v) is 5.70. The van der Waals surface area contributed by atoms with Gasteiger partial charge < -0.3 is 5.11 Å². The highest BCUT2D eigenvalue weighted by Gasteiger charge is 2.48. The van der Waals surface area contributed by atoms with Gasteiger partial charge in [0.1, 0.15) is 0 Å². The highest BCUT2D eigenvalue weighted by Crippen LogP contribution is 2.33. The highest BCUT2D eigenvalue weighted by atomic mass is 16.4. The molecule has 3 aliphatic rings. The van der Waals surface area contributed by atoms with Crippen molar-refractivity contribution in [1.29, 1.82) is 0 Å². The molecule has 2 saturated heterocycles. The Morgan fingerprint density at radius 2 is 1.74 bits per heavy atom. The van der Waals surface area contributed by atoms with Crippen LogP contribution in [0.1, 0.15) is 32.1 Å². The van der Waals surface area contributed by atoms with Gasteiger partial charge in [0, 0.05) is 6.04 Å². The Balaban J connectivity index is 1.63. The first-order valence-corrected chi connectivity index (χ1v) is 6.90. The summed E-state index contributed by atoms with van der Waals surface area (Å²) < 4.78 is 0. The second kappa shape index (κ2) is 4.59. The number of hydrogen-bond acceptors (Lipinski definition) is 4. The van der Waals surface area contributed by atoms with E-state index in [0.717, 1.165) is 12.8 Å². The monoisotopic (exact) mass is 266 g/mol. The highest BCUT2D eigenvalue weighted by molar-refractivity contribution is 6.06. The van der Waals surface area contributed by atoms with Crippen LogP contribution in [0.2, 0.25) is 0 Å². The van der Waals surface area contributed by atoms with Gasteiger partial charge in [0.25, 0.3) is 0 Å². The van der Waals surface area contributed by atoms with Crippen LogP contribution in [0.15, 0.2) is 0 Å². The molecule has 2 heterocycles. The number of carboxylic acids is 1. The van der Waals surface area contributed by atoms with Gasteiger partial charge in [-0.05, 0) is 38.8 Å². The molecule has 2 amide bonds. The quantitative estimate of drug-likeness (QED) is 0.732. The molecule has 6 heteroatoms. The van der Waals surface area contributed by atoms with Gasteiger partial charge in [0.05, 0.1) is 18.4 Å². The summed E-state index contributed by atoms with van der Waals surface area (Å²) in [4.78, 5) is 38.5. The van der Waals surface area contributed by atoms with Gasteiger partial charge in [-0.1, -0.05) is 0 Å². The fourth-order valence-electron chi connectivity index (χ4n) is 3.09. The van der Waals surface area contributed by atoms with Crippen LogP contribution in [0.3, 0.4) is 0 Å². The zero-order valence-electron chi connectivity index (χ0n) is 10.7. The van der Waals surface area contributed by atoms with Gasteiger partial charge in [-0.15, -0.1) is 0 Å². The van der Waals surface area contributed by atoms with Crippen LogP contribution < -0.4 is 0 Å². The Hall–Kier alpha value is -1.43. The molecule has 104 valence electrons. The van der Waals surface area contributed by atoms with Crippen molar-refractivity contribution in [3.8, 4) is 0 Å². The number of imide groups is 1. The molecule has 0 spiro atoms. The summed E-state index contributed by atoms with van der Waals surface area (Å²) >= 11 is 0. The van der Waals surface area contributed by atoms with Gasteiger partial charge in [0.2, 0.25) is 11.8 Å². The van der Waals surface area contributed by atoms with Gasteiger partial charge in [0.15, 0.2) is 0 Å². The van der Waals surface area contributed by atoms with Gasteiger partial charge in [-0.3, -0.25) is 24.2 Å². The molecule has 1 saturated carbocycles. The summed E-state index contributed by atoms with van der Waals surface area (Å²) in [5.41, 5.74) is 0. The number of carboxylic acid groups (broad SMARTS) is 1. The number of carbonyl (C=O) groups is 3. The van der Waals surface area contributed by atoms with E-state index in [1.54, 1.807) is 0 Å². The molecule has 2 aliphatic heterocycles. The lowest BCUT2D eigenvalue weighted by Crippen LogP contribution is -2.47. The van der Waals surface area contributed by atoms with E-state index >= 15 is 0 Å². The number of hydrogen-bond donors (Lipinski definition) is 1. The number of nitrogens with zero attached hydrogens (tertiary/aromatic N) is 2. The van der Waals surface area contributed by atoms with Gasteiger partial charge >= 0.3 is 5.97 Å². The average molecular weight is 266 g/mol. The molecule has 3 rings (SSSR count). The first-order chi connectivity index (χ1) is 9.08. The summed E-state index contributed by atoms with van der Waals surface area (Å²) in [6.45, 7) is 1.19. The Morgan fingerprint density at radius 1 is 1.11 bits per heavy atom. The molecule has 1 aliphatic carbocycles. The van der Waals surface area contributed by atoms with Crippen molar-refractivity contribution < 1.29 is 19.5 Å². The van der Waals surface area contributed by atoms with Crippen LogP contribution in [-0.2, 0) is 14.4 Å². The summed E-state index contributed by atoms with van der Waals surface area (Å²) in [5.74, 6) is -1.18. The Morgan fingerprint density at radius 3 is 2.26 bits per heavy atom. The van der Waals surface area contributed by atoms with E-state index in [4.69, 9.17) is 5.11 Å². The zero-order chi connectivity index (χ0) is 13.6. The summed E-state index contributed by atoms with van der Waals surface area (Å²) in [5, 5.41) is 8.96. The van der Waals surface area contributed by atoms with E-state index in [1.807, 2.05) is 4.90 Å². The molecule has 6 nitrogen and oxygen atoms in total. The number of amides is 2. The first kappa shape index (κ1) is 12.6. The van der Waals surface area contributed by atoms with Crippen LogP contribution in [0.5, 0.6) is 0 Å². The number of carbonyl (C=O) groups excluding carboxylic acids is 2.